The van der Waals surface area contributed by atoms with Crippen LogP contribution in [-0.4, -0.2) is 24.1 Å². The summed E-state index contributed by atoms with van der Waals surface area (Å²) in [7, 11) is 1.57. The van der Waals surface area contributed by atoms with Crippen molar-refractivity contribution < 1.29 is 23.1 Å². The lowest BCUT2D eigenvalue weighted by molar-refractivity contribution is -0.137. The first-order valence-electron chi connectivity index (χ1n) is 5.80. The summed E-state index contributed by atoms with van der Waals surface area (Å²) in [6.07, 6.45) is -3.32. The van der Waals surface area contributed by atoms with Gasteiger partial charge in [0.05, 0.1) is 17.4 Å². The summed E-state index contributed by atoms with van der Waals surface area (Å²) < 4.78 is 42.3. The minimum Gasteiger partial charge on any atom is -0.411 e. The van der Waals surface area contributed by atoms with Gasteiger partial charge < -0.3 is 9.94 Å². The van der Waals surface area contributed by atoms with Crippen molar-refractivity contribution in [3.8, 4) is 0 Å². The van der Waals surface area contributed by atoms with E-state index in [1.165, 1.54) is 12.1 Å². The van der Waals surface area contributed by atoms with Crippen molar-refractivity contribution >= 4 is 5.71 Å². The maximum absolute atomic E-state index is 12.4. The molecule has 0 heterocycles. The minimum absolute atomic E-state index is 0.00815. The highest BCUT2D eigenvalue weighted by Crippen LogP contribution is 2.29. The molecule has 1 rings (SSSR count). The molecule has 0 fully saturated rings. The van der Waals surface area contributed by atoms with Crippen LogP contribution in [0.2, 0.25) is 0 Å². The van der Waals surface area contributed by atoms with Gasteiger partial charge in [0, 0.05) is 7.11 Å². The number of alkyl halides is 3. The van der Waals surface area contributed by atoms with Gasteiger partial charge in [0.1, 0.15) is 0 Å². The van der Waals surface area contributed by atoms with Crippen LogP contribution in [0.1, 0.15) is 30.9 Å². The molecular weight excluding hydrogens is 259 g/mol. The van der Waals surface area contributed by atoms with Gasteiger partial charge in [-0.3, -0.25) is 0 Å². The molecular formula is C13H16F3NO2. The van der Waals surface area contributed by atoms with E-state index in [1.807, 2.05) is 6.92 Å². The van der Waals surface area contributed by atoms with E-state index in [0.29, 0.717) is 24.1 Å². The number of ether oxygens (including phenoxy) is 1. The molecule has 19 heavy (non-hydrogen) atoms. The Bertz CT molecular complexity index is 427. The number of hydrogen-bond acceptors (Lipinski definition) is 3. The summed E-state index contributed by atoms with van der Waals surface area (Å²) >= 11 is 0. The van der Waals surface area contributed by atoms with Crippen molar-refractivity contribution in [2.24, 2.45) is 5.16 Å². The van der Waals surface area contributed by atoms with Crippen molar-refractivity contribution in [2.75, 3.05) is 7.11 Å². The normalized spacial score (nSPS) is 14.5. The number of benzene rings is 1. The van der Waals surface area contributed by atoms with Gasteiger partial charge in [-0.1, -0.05) is 17.3 Å². The Morgan fingerprint density at radius 3 is 2.32 bits per heavy atom. The zero-order chi connectivity index (χ0) is 14.5. The molecule has 0 aliphatic carbocycles. The zero-order valence-corrected chi connectivity index (χ0v) is 10.7. The number of rotatable bonds is 5. The molecule has 0 spiro atoms. The van der Waals surface area contributed by atoms with Gasteiger partial charge in [0.2, 0.25) is 0 Å². The lowest BCUT2D eigenvalue weighted by Crippen LogP contribution is -2.10. The molecule has 0 bridgehead atoms. The van der Waals surface area contributed by atoms with Crippen LogP contribution >= 0.6 is 0 Å². The van der Waals surface area contributed by atoms with E-state index < -0.39 is 11.7 Å². The Morgan fingerprint density at radius 2 is 1.89 bits per heavy atom. The van der Waals surface area contributed by atoms with E-state index in [-0.39, 0.29) is 6.10 Å². The third kappa shape index (κ3) is 4.55. The molecule has 0 saturated carbocycles. The molecule has 106 valence electrons. The lowest BCUT2D eigenvalue weighted by Gasteiger charge is -2.11. The smallest absolute Gasteiger partial charge is 0.411 e. The molecule has 0 aliphatic heterocycles. The molecule has 0 aromatic heterocycles. The summed E-state index contributed by atoms with van der Waals surface area (Å²) in [5.74, 6) is 0. The first-order valence-corrected chi connectivity index (χ1v) is 5.80. The van der Waals surface area contributed by atoms with Crippen LogP contribution in [0.15, 0.2) is 29.4 Å². The maximum Gasteiger partial charge on any atom is 0.416 e. The monoisotopic (exact) mass is 275 g/mol. The van der Waals surface area contributed by atoms with Crippen molar-refractivity contribution in [3.05, 3.63) is 35.4 Å². The van der Waals surface area contributed by atoms with Crippen LogP contribution in [0.3, 0.4) is 0 Å². The van der Waals surface area contributed by atoms with Crippen molar-refractivity contribution in [1.29, 1.82) is 0 Å². The van der Waals surface area contributed by atoms with Gasteiger partial charge in [-0.25, -0.2) is 0 Å². The van der Waals surface area contributed by atoms with Crippen LogP contribution in [0.4, 0.5) is 13.2 Å². The Hall–Kier alpha value is -1.56. The molecule has 1 N–H and O–H groups in total. The van der Waals surface area contributed by atoms with Crippen molar-refractivity contribution in [3.63, 3.8) is 0 Å². The van der Waals surface area contributed by atoms with Crippen molar-refractivity contribution in [2.45, 2.75) is 32.0 Å². The first kappa shape index (κ1) is 15.5. The predicted octanol–water partition coefficient (Wildman–Crippen LogP) is 3.70. The van der Waals surface area contributed by atoms with Crippen LogP contribution in [0.5, 0.6) is 0 Å². The van der Waals surface area contributed by atoms with Gasteiger partial charge in [0.25, 0.3) is 0 Å². The molecule has 0 aliphatic rings. The summed E-state index contributed by atoms with van der Waals surface area (Å²) in [4.78, 5) is 0. The third-order valence-electron chi connectivity index (χ3n) is 2.86. The Morgan fingerprint density at radius 1 is 1.32 bits per heavy atom. The van der Waals surface area contributed by atoms with Crippen molar-refractivity contribution in [1.82, 2.24) is 0 Å². The summed E-state index contributed by atoms with van der Waals surface area (Å²) in [6, 6.07) is 4.55. The largest absolute Gasteiger partial charge is 0.416 e. The number of hydrogen-bond donors (Lipinski definition) is 1. The maximum atomic E-state index is 12.4. The molecule has 0 amide bonds. The topological polar surface area (TPSA) is 41.8 Å². The fourth-order valence-electron chi connectivity index (χ4n) is 1.56. The number of nitrogens with zero attached hydrogens (tertiary/aromatic N) is 1. The van der Waals surface area contributed by atoms with Gasteiger partial charge in [0.15, 0.2) is 0 Å². The summed E-state index contributed by atoms with van der Waals surface area (Å²) in [6.45, 7) is 1.86. The fraction of sp³-hybridized carbons (Fsp3) is 0.462. The average molecular weight is 275 g/mol. The second kappa shape index (κ2) is 6.56. The lowest BCUT2D eigenvalue weighted by atomic mass is 10.0. The highest BCUT2D eigenvalue weighted by atomic mass is 19.4. The minimum atomic E-state index is -4.36. The zero-order valence-electron chi connectivity index (χ0n) is 10.7. The van der Waals surface area contributed by atoms with Gasteiger partial charge in [-0.15, -0.1) is 0 Å². The standard InChI is InChI=1S/C13H16F3NO2/c1-9(19-2)3-8-12(17-18)10-4-6-11(7-5-10)13(14,15)16/h4-7,9,18H,3,8H2,1-2H3. The molecule has 1 atom stereocenters. The van der Waals surface area contributed by atoms with E-state index in [0.717, 1.165) is 12.1 Å². The molecule has 3 nitrogen and oxygen atoms in total. The highest BCUT2D eigenvalue weighted by Gasteiger charge is 2.30. The first-order chi connectivity index (χ1) is 8.88. The number of methoxy groups -OCH3 is 1. The van der Waals surface area contributed by atoms with E-state index in [1.54, 1.807) is 7.11 Å². The van der Waals surface area contributed by atoms with E-state index in [9.17, 15) is 13.2 Å². The Kier molecular flexibility index (Phi) is 5.35. The molecule has 0 radical (unpaired) electrons. The summed E-state index contributed by atoms with van der Waals surface area (Å²) in [5.41, 5.74) is 0.0928. The summed E-state index contributed by atoms with van der Waals surface area (Å²) in [5, 5.41) is 12.1. The Balaban J connectivity index is 2.78. The second-order valence-electron chi connectivity index (χ2n) is 4.21. The molecule has 6 heteroatoms. The van der Waals surface area contributed by atoms with Gasteiger partial charge in [-0.2, -0.15) is 13.2 Å². The van der Waals surface area contributed by atoms with Crippen LogP contribution in [0.25, 0.3) is 0 Å². The average Bonchev–Trinajstić information content (AvgIpc) is 2.38. The van der Waals surface area contributed by atoms with E-state index in [2.05, 4.69) is 5.16 Å². The molecule has 1 aromatic rings. The quantitative estimate of drug-likeness (QED) is 0.506. The van der Waals surface area contributed by atoms with E-state index >= 15 is 0 Å². The SMILES string of the molecule is COC(C)CCC(=NO)c1ccc(C(F)(F)F)cc1. The Labute approximate surface area is 109 Å². The highest BCUT2D eigenvalue weighted by molar-refractivity contribution is 6.00. The van der Waals surface area contributed by atoms with Gasteiger partial charge in [-0.05, 0) is 37.5 Å². The molecule has 1 unspecified atom stereocenters. The second-order valence-corrected chi connectivity index (χ2v) is 4.21. The number of halogens is 3. The van der Waals surface area contributed by atoms with Crippen LogP contribution < -0.4 is 0 Å². The molecule has 1 aromatic carbocycles. The van der Waals surface area contributed by atoms with Crippen LogP contribution in [-0.2, 0) is 10.9 Å². The fourth-order valence-corrected chi connectivity index (χ4v) is 1.56. The predicted molar refractivity (Wildman–Crippen MR) is 65.5 cm³/mol. The van der Waals surface area contributed by atoms with Gasteiger partial charge >= 0.3 is 6.18 Å². The third-order valence-corrected chi connectivity index (χ3v) is 2.86. The van der Waals surface area contributed by atoms with E-state index in [4.69, 9.17) is 9.94 Å². The van der Waals surface area contributed by atoms with Crippen LogP contribution in [0, 0.1) is 0 Å². The number of oxime groups is 1. The molecule has 0 saturated heterocycles.